The fourth-order valence-electron chi connectivity index (χ4n) is 2.47. The Bertz CT molecular complexity index is 762. The Hall–Kier alpha value is -2.20. The summed E-state index contributed by atoms with van der Waals surface area (Å²) in [4.78, 5) is 0. The van der Waals surface area contributed by atoms with Crippen LogP contribution in [0.4, 0.5) is 4.39 Å². The van der Waals surface area contributed by atoms with Gasteiger partial charge in [0.15, 0.2) is 0 Å². The van der Waals surface area contributed by atoms with Gasteiger partial charge in [0.2, 0.25) is 0 Å². The van der Waals surface area contributed by atoms with E-state index in [1.165, 1.54) is 6.07 Å². The molecule has 0 aliphatic carbocycles. The summed E-state index contributed by atoms with van der Waals surface area (Å²) in [7, 11) is 0. The van der Waals surface area contributed by atoms with Crippen molar-refractivity contribution in [1.82, 2.24) is 9.78 Å². The molecule has 0 spiro atoms. The molecule has 20 heavy (non-hydrogen) atoms. The molecule has 0 aliphatic rings. The van der Waals surface area contributed by atoms with Crippen LogP contribution in [-0.4, -0.2) is 9.78 Å². The molecule has 2 N–H and O–H groups in total. The van der Waals surface area contributed by atoms with Gasteiger partial charge >= 0.3 is 0 Å². The van der Waals surface area contributed by atoms with E-state index in [1.807, 2.05) is 41.9 Å². The minimum absolute atomic E-state index is 0.209. The normalized spacial score (nSPS) is 11.2. The molecule has 3 rings (SSSR count). The second-order valence-corrected chi connectivity index (χ2v) is 4.90. The summed E-state index contributed by atoms with van der Waals surface area (Å²) >= 11 is 0. The maximum atomic E-state index is 13.2. The predicted octanol–water partition coefficient (Wildman–Crippen LogP) is 2.99. The first-order valence-electron chi connectivity index (χ1n) is 6.58. The molecular formula is C16H16FN3. The third kappa shape index (κ3) is 2.18. The summed E-state index contributed by atoms with van der Waals surface area (Å²) in [6.45, 7) is 2.94. The van der Waals surface area contributed by atoms with E-state index in [-0.39, 0.29) is 5.82 Å². The van der Waals surface area contributed by atoms with Gasteiger partial charge in [0.25, 0.3) is 0 Å². The van der Waals surface area contributed by atoms with Gasteiger partial charge in [0, 0.05) is 11.9 Å². The zero-order chi connectivity index (χ0) is 14.1. The lowest BCUT2D eigenvalue weighted by molar-refractivity contribution is 0.623. The van der Waals surface area contributed by atoms with E-state index in [0.717, 1.165) is 27.7 Å². The molecule has 1 heterocycles. The van der Waals surface area contributed by atoms with Crippen LogP contribution < -0.4 is 5.73 Å². The number of nitrogens with zero attached hydrogens (tertiary/aromatic N) is 2. The Morgan fingerprint density at radius 2 is 2.00 bits per heavy atom. The Balaban J connectivity index is 2.06. The highest BCUT2D eigenvalue weighted by Gasteiger charge is 2.10. The van der Waals surface area contributed by atoms with E-state index in [4.69, 9.17) is 5.73 Å². The summed E-state index contributed by atoms with van der Waals surface area (Å²) in [5.41, 5.74) is 9.68. The molecule has 3 nitrogen and oxygen atoms in total. The molecule has 2 aromatic carbocycles. The van der Waals surface area contributed by atoms with Crippen molar-refractivity contribution < 1.29 is 4.39 Å². The topological polar surface area (TPSA) is 43.8 Å². The van der Waals surface area contributed by atoms with Gasteiger partial charge in [-0.1, -0.05) is 24.3 Å². The smallest absolute Gasteiger partial charge is 0.123 e. The Morgan fingerprint density at radius 3 is 2.75 bits per heavy atom. The van der Waals surface area contributed by atoms with Crippen LogP contribution in [0, 0.1) is 12.7 Å². The molecule has 1 aromatic heterocycles. The van der Waals surface area contributed by atoms with Crippen LogP contribution >= 0.6 is 0 Å². The van der Waals surface area contributed by atoms with Crippen molar-refractivity contribution in [2.45, 2.75) is 20.0 Å². The van der Waals surface area contributed by atoms with Gasteiger partial charge in [-0.2, -0.15) is 5.10 Å². The Labute approximate surface area is 116 Å². The number of hydrogen-bond acceptors (Lipinski definition) is 2. The van der Waals surface area contributed by atoms with Crippen LogP contribution in [0.5, 0.6) is 0 Å². The van der Waals surface area contributed by atoms with Crippen molar-refractivity contribution in [3.8, 4) is 0 Å². The van der Waals surface area contributed by atoms with Crippen molar-refractivity contribution in [2.24, 2.45) is 5.73 Å². The summed E-state index contributed by atoms with van der Waals surface area (Å²) in [5.74, 6) is -0.209. The minimum atomic E-state index is -0.209. The van der Waals surface area contributed by atoms with Crippen LogP contribution in [0.15, 0.2) is 42.5 Å². The maximum absolute atomic E-state index is 13.2. The lowest BCUT2D eigenvalue weighted by atomic mass is 10.1. The third-order valence-electron chi connectivity index (χ3n) is 3.55. The molecule has 0 aliphatic heterocycles. The van der Waals surface area contributed by atoms with E-state index < -0.39 is 0 Å². The minimum Gasteiger partial charge on any atom is -0.325 e. The van der Waals surface area contributed by atoms with Crippen molar-refractivity contribution in [2.75, 3.05) is 0 Å². The lowest BCUT2D eigenvalue weighted by Crippen LogP contribution is -2.05. The zero-order valence-corrected chi connectivity index (χ0v) is 11.3. The third-order valence-corrected chi connectivity index (χ3v) is 3.55. The van der Waals surface area contributed by atoms with Crippen LogP contribution in [0.25, 0.3) is 10.9 Å². The van der Waals surface area contributed by atoms with Gasteiger partial charge in [-0.3, -0.25) is 4.68 Å². The number of hydrogen-bond donors (Lipinski definition) is 1. The summed E-state index contributed by atoms with van der Waals surface area (Å²) in [6, 6.07) is 12.9. The van der Waals surface area contributed by atoms with Crippen LogP contribution in [0.1, 0.15) is 16.8 Å². The predicted molar refractivity (Wildman–Crippen MR) is 77.9 cm³/mol. The first kappa shape index (κ1) is 12.8. The van der Waals surface area contributed by atoms with Gasteiger partial charge in [-0.15, -0.1) is 0 Å². The quantitative estimate of drug-likeness (QED) is 0.794. The number of aryl methyl sites for hydroxylation is 1. The van der Waals surface area contributed by atoms with Crippen molar-refractivity contribution >= 4 is 10.9 Å². The highest BCUT2D eigenvalue weighted by Crippen LogP contribution is 2.20. The molecule has 0 bridgehead atoms. The summed E-state index contributed by atoms with van der Waals surface area (Å²) < 4.78 is 15.1. The SMILES string of the molecule is Cc1cc(F)ccc1Cn1nc(CN)c2ccccc21. The number of aromatic nitrogens is 2. The number of nitrogens with two attached hydrogens (primary N) is 1. The van der Waals surface area contributed by atoms with E-state index >= 15 is 0 Å². The zero-order valence-electron chi connectivity index (χ0n) is 11.3. The number of halogens is 1. The largest absolute Gasteiger partial charge is 0.325 e. The average Bonchev–Trinajstić information content (AvgIpc) is 2.80. The molecule has 0 saturated carbocycles. The van der Waals surface area contributed by atoms with Gasteiger partial charge in [-0.25, -0.2) is 4.39 Å². The second-order valence-electron chi connectivity index (χ2n) is 4.90. The first-order chi connectivity index (χ1) is 9.69. The highest BCUT2D eigenvalue weighted by atomic mass is 19.1. The summed E-state index contributed by atoms with van der Waals surface area (Å²) in [5, 5.41) is 5.64. The van der Waals surface area contributed by atoms with Gasteiger partial charge in [-0.05, 0) is 36.2 Å². The van der Waals surface area contributed by atoms with E-state index in [9.17, 15) is 4.39 Å². The molecule has 0 saturated heterocycles. The van der Waals surface area contributed by atoms with Crippen molar-refractivity contribution in [3.63, 3.8) is 0 Å². The first-order valence-corrected chi connectivity index (χ1v) is 6.58. The monoisotopic (exact) mass is 269 g/mol. The average molecular weight is 269 g/mol. The van der Waals surface area contributed by atoms with Crippen LogP contribution in [0.3, 0.4) is 0 Å². The molecule has 0 radical (unpaired) electrons. The molecule has 0 amide bonds. The lowest BCUT2D eigenvalue weighted by Gasteiger charge is -2.07. The summed E-state index contributed by atoms with van der Waals surface area (Å²) in [6.07, 6.45) is 0. The van der Waals surface area contributed by atoms with Gasteiger partial charge in [0.05, 0.1) is 17.8 Å². The van der Waals surface area contributed by atoms with E-state index in [1.54, 1.807) is 6.07 Å². The van der Waals surface area contributed by atoms with Crippen LogP contribution in [0.2, 0.25) is 0 Å². The molecule has 102 valence electrons. The molecule has 0 unspecified atom stereocenters. The second kappa shape index (κ2) is 5.06. The van der Waals surface area contributed by atoms with E-state index in [2.05, 4.69) is 5.10 Å². The Morgan fingerprint density at radius 1 is 1.20 bits per heavy atom. The number of para-hydroxylation sites is 1. The molecular weight excluding hydrogens is 253 g/mol. The highest BCUT2D eigenvalue weighted by molar-refractivity contribution is 5.82. The standard InChI is InChI=1S/C16H16FN3/c1-11-8-13(17)7-6-12(11)10-20-16-5-3-2-4-14(16)15(9-18)19-20/h2-8H,9-10,18H2,1H3. The van der Waals surface area contributed by atoms with Gasteiger partial charge < -0.3 is 5.73 Å². The molecule has 0 fully saturated rings. The Kier molecular flexibility index (Phi) is 3.24. The fraction of sp³-hybridized carbons (Fsp3) is 0.188. The van der Waals surface area contributed by atoms with Crippen molar-refractivity contribution in [1.29, 1.82) is 0 Å². The van der Waals surface area contributed by atoms with Crippen molar-refractivity contribution in [3.05, 3.63) is 65.1 Å². The molecule has 0 atom stereocenters. The molecule has 3 aromatic rings. The molecule has 4 heteroatoms. The number of rotatable bonds is 3. The number of fused-ring (bicyclic) bond motifs is 1. The number of benzene rings is 2. The van der Waals surface area contributed by atoms with E-state index in [0.29, 0.717) is 13.1 Å². The van der Waals surface area contributed by atoms with Gasteiger partial charge in [0.1, 0.15) is 5.82 Å². The fourth-order valence-corrected chi connectivity index (χ4v) is 2.47. The van der Waals surface area contributed by atoms with Crippen LogP contribution in [-0.2, 0) is 13.1 Å². The maximum Gasteiger partial charge on any atom is 0.123 e.